The quantitative estimate of drug-likeness (QED) is 0.182. The van der Waals surface area contributed by atoms with Crippen LogP contribution in [0, 0.1) is 0 Å². The molecule has 0 spiro atoms. The van der Waals surface area contributed by atoms with Crippen molar-refractivity contribution in [3.05, 3.63) is 71.0 Å². The number of carbonyl (C=O) groups excluding carboxylic acids is 1. The first-order valence-electron chi connectivity index (χ1n) is 14.8. The fourth-order valence-corrected chi connectivity index (χ4v) is 6.80. The molecule has 1 fully saturated rings. The molecule has 0 atom stereocenters. The number of hydrogen-bond acceptors (Lipinski definition) is 9. The van der Waals surface area contributed by atoms with Crippen molar-refractivity contribution in [2.75, 3.05) is 50.1 Å². The van der Waals surface area contributed by atoms with Crippen molar-refractivity contribution in [1.82, 2.24) is 29.7 Å². The van der Waals surface area contributed by atoms with Gasteiger partial charge in [0.25, 0.3) is 16.1 Å². The highest BCUT2D eigenvalue weighted by atomic mass is 35.5. The summed E-state index contributed by atoms with van der Waals surface area (Å²) in [4.78, 5) is 27.6. The second-order valence-electron chi connectivity index (χ2n) is 10.6. The highest BCUT2D eigenvalue weighted by molar-refractivity contribution is 7.87. The van der Waals surface area contributed by atoms with Gasteiger partial charge in [-0.25, -0.2) is 4.72 Å². The zero-order valence-electron chi connectivity index (χ0n) is 25.3. The maximum absolute atomic E-state index is 13.1. The largest absolute Gasteiger partial charge is 0.496 e. The molecule has 0 aliphatic heterocycles. The molecule has 3 aromatic rings. The highest BCUT2D eigenvalue weighted by Gasteiger charge is 2.38. The molecule has 1 heterocycles. The van der Waals surface area contributed by atoms with Crippen molar-refractivity contribution in [2.24, 2.45) is 0 Å². The molecule has 1 aliphatic carbocycles. The van der Waals surface area contributed by atoms with Crippen LogP contribution in [0.5, 0.6) is 5.75 Å². The van der Waals surface area contributed by atoms with Crippen LogP contribution in [0.3, 0.4) is 0 Å². The Labute approximate surface area is 264 Å². The summed E-state index contributed by atoms with van der Waals surface area (Å²) in [5.41, 5.74) is 1.27. The maximum Gasteiger partial charge on any atom is 0.277 e. The number of halogens is 1. The lowest BCUT2D eigenvalue weighted by molar-refractivity contribution is 0.0932. The summed E-state index contributed by atoms with van der Waals surface area (Å²) in [5, 5.41) is 6.18. The van der Waals surface area contributed by atoms with Crippen LogP contribution >= 0.6 is 11.6 Å². The minimum Gasteiger partial charge on any atom is -0.496 e. The summed E-state index contributed by atoms with van der Waals surface area (Å²) in [6.45, 7) is 6.22. The molecule has 0 saturated heterocycles. The molecular weight excluding hydrogens is 604 g/mol. The Morgan fingerprint density at radius 3 is 2.36 bits per heavy atom. The normalized spacial score (nSPS) is 18.4. The average Bonchev–Trinajstić information content (AvgIpc) is 3.03. The van der Waals surface area contributed by atoms with Gasteiger partial charge in [-0.2, -0.15) is 28.1 Å². The molecule has 44 heavy (non-hydrogen) atoms. The Hall–Kier alpha value is -3.52. The summed E-state index contributed by atoms with van der Waals surface area (Å²) in [5.74, 6) is 1.05. The summed E-state index contributed by atoms with van der Waals surface area (Å²) in [7, 11) is -2.21. The van der Waals surface area contributed by atoms with Crippen LogP contribution in [-0.2, 0) is 15.6 Å². The Morgan fingerprint density at radius 1 is 1.00 bits per heavy atom. The van der Waals surface area contributed by atoms with E-state index >= 15 is 0 Å². The van der Waals surface area contributed by atoms with Crippen molar-refractivity contribution in [3.8, 4) is 5.75 Å². The third-order valence-corrected chi connectivity index (χ3v) is 9.33. The molecule has 12 nitrogen and oxygen atoms in total. The Kier molecular flexibility index (Phi) is 11.7. The van der Waals surface area contributed by atoms with E-state index in [-0.39, 0.29) is 41.7 Å². The zero-order chi connectivity index (χ0) is 31.6. The topological polar surface area (TPSA) is 150 Å². The summed E-state index contributed by atoms with van der Waals surface area (Å²) < 4.78 is 36.5. The van der Waals surface area contributed by atoms with E-state index in [0.29, 0.717) is 62.6 Å². The van der Waals surface area contributed by atoms with Crippen molar-refractivity contribution < 1.29 is 17.9 Å². The van der Waals surface area contributed by atoms with E-state index in [1.54, 1.807) is 25.3 Å². The van der Waals surface area contributed by atoms with Gasteiger partial charge < -0.3 is 20.3 Å². The minimum atomic E-state index is -3.76. The number of amides is 1. The van der Waals surface area contributed by atoms with E-state index in [2.05, 4.69) is 47.2 Å². The third-order valence-electron chi connectivity index (χ3n) is 7.93. The van der Waals surface area contributed by atoms with Gasteiger partial charge in [-0.3, -0.25) is 4.79 Å². The van der Waals surface area contributed by atoms with E-state index in [1.807, 2.05) is 43.0 Å². The maximum atomic E-state index is 13.1. The minimum absolute atomic E-state index is 0.0647. The zero-order valence-corrected chi connectivity index (χ0v) is 26.9. The predicted octanol–water partition coefficient (Wildman–Crippen LogP) is 3.53. The Bertz CT molecular complexity index is 1480. The predicted molar refractivity (Wildman–Crippen MR) is 173 cm³/mol. The molecule has 1 saturated carbocycles. The fourth-order valence-electron chi connectivity index (χ4n) is 5.51. The van der Waals surface area contributed by atoms with E-state index in [4.69, 9.17) is 16.3 Å². The number of benzene rings is 2. The first kappa shape index (κ1) is 33.4. The molecule has 1 aromatic heterocycles. The lowest BCUT2D eigenvalue weighted by Gasteiger charge is -2.41. The summed E-state index contributed by atoms with van der Waals surface area (Å²) in [6, 6.07) is 17.0. The molecule has 14 heteroatoms. The van der Waals surface area contributed by atoms with Crippen LogP contribution in [0.2, 0.25) is 5.28 Å². The molecular formula is C30H41ClN8O4S. The van der Waals surface area contributed by atoms with Crippen molar-refractivity contribution in [1.29, 1.82) is 0 Å². The van der Waals surface area contributed by atoms with Gasteiger partial charge in [-0.05, 0) is 68.8 Å². The van der Waals surface area contributed by atoms with Gasteiger partial charge in [-0.1, -0.05) is 42.5 Å². The van der Waals surface area contributed by atoms with Gasteiger partial charge >= 0.3 is 0 Å². The molecule has 1 amide bonds. The summed E-state index contributed by atoms with van der Waals surface area (Å²) in [6.07, 6.45) is 2.64. The monoisotopic (exact) mass is 644 g/mol. The van der Waals surface area contributed by atoms with Gasteiger partial charge in [-0.15, -0.1) is 0 Å². The number of hydrogen-bond donors (Lipinski definition) is 4. The molecule has 1 aliphatic rings. The second-order valence-corrected chi connectivity index (χ2v) is 12.5. The van der Waals surface area contributed by atoms with E-state index < -0.39 is 10.2 Å². The number of nitrogens with zero attached hydrogens (tertiary/aromatic N) is 4. The Morgan fingerprint density at radius 2 is 1.68 bits per heavy atom. The van der Waals surface area contributed by atoms with Crippen LogP contribution in [0.1, 0.15) is 55.5 Å². The van der Waals surface area contributed by atoms with Gasteiger partial charge in [0.15, 0.2) is 0 Å². The van der Waals surface area contributed by atoms with Crippen LogP contribution in [0.25, 0.3) is 0 Å². The van der Waals surface area contributed by atoms with Crippen molar-refractivity contribution in [2.45, 2.75) is 51.0 Å². The standard InChI is InChI=1S/C30H41ClN8O4S/c1-4-39(5-2)29-36-27(31)35-28(37-29)32-19-20-34-44(41,42)38-23-15-17-30(18-16-23,22-11-7-6-8-12-22)21-33-26(40)24-13-9-10-14-25(24)43-3/h6-14,23,34,38H,4-5,15-21H2,1-3H3,(H,33,40)(H,32,35,36,37)/t23-,30-. The van der Waals surface area contributed by atoms with Crippen LogP contribution < -0.4 is 29.7 Å². The number of aromatic nitrogens is 3. The SMILES string of the molecule is CCN(CC)c1nc(Cl)nc(NCCNS(=O)(=O)N[C@H]2CC[C@](CNC(=O)c3ccccc3OC)(c3ccccc3)CC2)n1. The number of nitrogens with one attached hydrogen (secondary N) is 4. The molecule has 4 N–H and O–H groups in total. The van der Waals surface area contributed by atoms with E-state index in [9.17, 15) is 13.2 Å². The molecule has 0 radical (unpaired) electrons. The van der Waals surface area contributed by atoms with Gasteiger partial charge in [0, 0.05) is 44.2 Å². The second kappa shape index (κ2) is 15.5. The molecule has 4 rings (SSSR count). The van der Waals surface area contributed by atoms with Crippen LogP contribution in [0.4, 0.5) is 11.9 Å². The van der Waals surface area contributed by atoms with Crippen LogP contribution in [-0.4, -0.2) is 75.2 Å². The number of anilines is 2. The van der Waals surface area contributed by atoms with Crippen LogP contribution in [0.15, 0.2) is 54.6 Å². The van der Waals surface area contributed by atoms with Gasteiger partial charge in [0.2, 0.25) is 17.2 Å². The smallest absolute Gasteiger partial charge is 0.277 e. The number of methoxy groups -OCH3 is 1. The van der Waals surface area contributed by atoms with E-state index in [0.717, 1.165) is 5.56 Å². The molecule has 2 aromatic carbocycles. The number of carbonyl (C=O) groups is 1. The average molecular weight is 645 g/mol. The molecule has 0 unspecified atom stereocenters. The first-order chi connectivity index (χ1) is 21.2. The Balaban J connectivity index is 1.31. The highest BCUT2D eigenvalue weighted by Crippen LogP contribution is 2.39. The lowest BCUT2D eigenvalue weighted by atomic mass is 9.68. The van der Waals surface area contributed by atoms with Crippen molar-refractivity contribution in [3.63, 3.8) is 0 Å². The van der Waals surface area contributed by atoms with E-state index in [1.165, 1.54) is 0 Å². The number of para-hydroxylation sites is 1. The fraction of sp³-hybridized carbons (Fsp3) is 0.467. The first-order valence-corrected chi connectivity index (χ1v) is 16.7. The summed E-state index contributed by atoms with van der Waals surface area (Å²) >= 11 is 6.06. The number of ether oxygens (including phenoxy) is 1. The molecule has 0 bridgehead atoms. The third kappa shape index (κ3) is 8.78. The van der Waals surface area contributed by atoms with Crippen molar-refractivity contribution >= 4 is 39.6 Å². The van der Waals surface area contributed by atoms with Gasteiger partial charge in [0.05, 0.1) is 12.7 Å². The lowest BCUT2D eigenvalue weighted by Crippen LogP contribution is -2.49. The number of rotatable bonds is 15. The molecule has 238 valence electrons. The van der Waals surface area contributed by atoms with Gasteiger partial charge in [0.1, 0.15) is 5.75 Å².